The number of nitrogens with zero attached hydrogens (tertiary/aromatic N) is 3. The van der Waals surface area contributed by atoms with Crippen LogP contribution >= 0.6 is 0 Å². The molecule has 0 saturated carbocycles. The molecule has 0 radical (unpaired) electrons. The number of carbonyl (C=O) groups is 1. The van der Waals surface area contributed by atoms with Crippen molar-refractivity contribution in [2.24, 2.45) is 0 Å². The van der Waals surface area contributed by atoms with Gasteiger partial charge in [-0.3, -0.25) is 9.69 Å². The Hall–Kier alpha value is -1.51. The monoisotopic (exact) mass is 397 g/mol. The smallest absolute Gasteiger partial charge is 0.243 e. The van der Waals surface area contributed by atoms with E-state index < -0.39 is 15.8 Å². The lowest BCUT2D eigenvalue weighted by Gasteiger charge is -2.41. The molecule has 6 nitrogen and oxygen atoms in total. The zero-order chi connectivity index (χ0) is 19.6. The summed E-state index contributed by atoms with van der Waals surface area (Å²) in [6, 6.07) is 5.60. The number of halogens is 1. The van der Waals surface area contributed by atoms with Gasteiger partial charge < -0.3 is 4.90 Å². The predicted molar refractivity (Wildman–Crippen MR) is 101 cm³/mol. The maximum atomic E-state index is 13.4. The molecule has 2 fully saturated rings. The predicted octanol–water partition coefficient (Wildman–Crippen LogP) is 1.92. The first kappa shape index (κ1) is 20.2. The highest BCUT2D eigenvalue weighted by atomic mass is 32.2. The van der Waals surface area contributed by atoms with E-state index in [2.05, 4.69) is 13.8 Å². The number of sulfonamides is 1. The highest BCUT2D eigenvalue weighted by molar-refractivity contribution is 7.89. The van der Waals surface area contributed by atoms with Crippen LogP contribution < -0.4 is 0 Å². The number of hydrogen-bond donors (Lipinski definition) is 0. The van der Waals surface area contributed by atoms with Gasteiger partial charge in [0, 0.05) is 38.3 Å². The van der Waals surface area contributed by atoms with Gasteiger partial charge in [0.25, 0.3) is 0 Å². The molecule has 27 heavy (non-hydrogen) atoms. The van der Waals surface area contributed by atoms with E-state index >= 15 is 0 Å². The number of piperazine rings is 1. The summed E-state index contributed by atoms with van der Waals surface area (Å²) in [5, 5.41) is 0. The molecule has 3 rings (SSSR count). The molecule has 150 valence electrons. The maximum Gasteiger partial charge on any atom is 0.243 e. The summed E-state index contributed by atoms with van der Waals surface area (Å²) in [7, 11) is -3.70. The first-order chi connectivity index (χ1) is 12.8. The second kappa shape index (κ2) is 8.24. The summed E-state index contributed by atoms with van der Waals surface area (Å²) in [4.78, 5) is 16.7. The van der Waals surface area contributed by atoms with E-state index in [-0.39, 0.29) is 22.9 Å². The molecule has 2 aliphatic heterocycles. The Bertz CT molecular complexity index is 768. The minimum absolute atomic E-state index is 0.0250. The van der Waals surface area contributed by atoms with Crippen LogP contribution in [0.5, 0.6) is 0 Å². The summed E-state index contributed by atoms with van der Waals surface area (Å²) < 4.78 is 40.1. The van der Waals surface area contributed by atoms with E-state index in [0.29, 0.717) is 32.7 Å². The first-order valence-corrected chi connectivity index (χ1v) is 11.0. The van der Waals surface area contributed by atoms with Crippen molar-refractivity contribution >= 4 is 15.9 Å². The van der Waals surface area contributed by atoms with E-state index in [9.17, 15) is 17.6 Å². The third kappa shape index (κ3) is 4.50. The molecule has 1 amide bonds. The van der Waals surface area contributed by atoms with Crippen molar-refractivity contribution in [3.63, 3.8) is 0 Å². The molecule has 0 aromatic heterocycles. The molecule has 1 aromatic rings. The quantitative estimate of drug-likeness (QED) is 0.779. The second-order valence-electron chi connectivity index (χ2n) is 7.57. The lowest BCUT2D eigenvalue weighted by molar-refractivity contribution is -0.138. The fourth-order valence-electron chi connectivity index (χ4n) is 4.09. The van der Waals surface area contributed by atoms with Gasteiger partial charge in [0.15, 0.2) is 0 Å². The molecule has 2 heterocycles. The lowest BCUT2D eigenvalue weighted by Crippen LogP contribution is -2.54. The number of carbonyl (C=O) groups excluding carboxylic acids is 1. The van der Waals surface area contributed by atoms with Crippen LogP contribution in [0.3, 0.4) is 0 Å². The standard InChI is InChI=1S/C19H28FN3O3S/c1-15-5-3-6-16(2)23(15)19(24)14-21-9-11-22(12-10-21)27(25,26)18-8-4-7-17(20)13-18/h4,7-8,13,15-16H,3,5-6,9-12,14H2,1-2H3/t15-,16-/m0/s1. The number of amides is 1. The third-order valence-corrected chi connectivity index (χ3v) is 7.50. The Morgan fingerprint density at radius 1 is 1.11 bits per heavy atom. The van der Waals surface area contributed by atoms with Gasteiger partial charge >= 0.3 is 0 Å². The van der Waals surface area contributed by atoms with E-state index in [1.165, 1.54) is 22.5 Å². The fourth-order valence-corrected chi connectivity index (χ4v) is 5.54. The maximum absolute atomic E-state index is 13.4. The topological polar surface area (TPSA) is 60.9 Å². The Morgan fingerprint density at radius 3 is 2.33 bits per heavy atom. The minimum Gasteiger partial charge on any atom is -0.336 e. The third-order valence-electron chi connectivity index (χ3n) is 5.61. The number of benzene rings is 1. The molecule has 0 spiro atoms. The van der Waals surface area contributed by atoms with Crippen molar-refractivity contribution in [1.82, 2.24) is 14.1 Å². The molecule has 2 atom stereocenters. The van der Waals surface area contributed by atoms with E-state index in [0.717, 1.165) is 25.3 Å². The van der Waals surface area contributed by atoms with Gasteiger partial charge in [-0.1, -0.05) is 6.07 Å². The normalized spacial score (nSPS) is 25.5. The number of likely N-dealkylation sites (tertiary alicyclic amines) is 1. The van der Waals surface area contributed by atoms with Crippen LogP contribution in [0.15, 0.2) is 29.2 Å². The van der Waals surface area contributed by atoms with Crippen LogP contribution in [0, 0.1) is 5.82 Å². The largest absolute Gasteiger partial charge is 0.336 e. The lowest BCUT2D eigenvalue weighted by atomic mass is 9.97. The Balaban J connectivity index is 1.58. The average Bonchev–Trinajstić information content (AvgIpc) is 2.62. The second-order valence-corrected chi connectivity index (χ2v) is 9.51. The minimum atomic E-state index is -3.70. The number of rotatable bonds is 4. The van der Waals surface area contributed by atoms with Crippen LogP contribution in [-0.2, 0) is 14.8 Å². The molecule has 2 aliphatic rings. The van der Waals surface area contributed by atoms with Crippen LogP contribution in [-0.4, -0.2) is 73.2 Å². The summed E-state index contributed by atoms with van der Waals surface area (Å²) in [5.74, 6) is -0.443. The van der Waals surface area contributed by atoms with E-state index in [1.807, 2.05) is 9.80 Å². The van der Waals surface area contributed by atoms with Crippen LogP contribution in [0.25, 0.3) is 0 Å². The Morgan fingerprint density at radius 2 is 1.74 bits per heavy atom. The molecule has 1 aromatic carbocycles. The van der Waals surface area contributed by atoms with Gasteiger partial charge in [-0.2, -0.15) is 4.31 Å². The molecule has 8 heteroatoms. The number of hydrogen-bond acceptors (Lipinski definition) is 4. The van der Waals surface area contributed by atoms with Crippen molar-refractivity contribution < 1.29 is 17.6 Å². The molecule has 0 aliphatic carbocycles. The molecule has 2 saturated heterocycles. The highest BCUT2D eigenvalue weighted by Gasteiger charge is 2.32. The van der Waals surface area contributed by atoms with Gasteiger partial charge in [-0.25, -0.2) is 12.8 Å². The van der Waals surface area contributed by atoms with Gasteiger partial charge in [-0.05, 0) is 51.3 Å². The Labute approximate surface area is 161 Å². The number of piperidine rings is 1. The summed E-state index contributed by atoms with van der Waals surface area (Å²) >= 11 is 0. The molecule has 0 bridgehead atoms. The van der Waals surface area contributed by atoms with Crippen molar-refractivity contribution in [3.8, 4) is 0 Å². The zero-order valence-corrected chi connectivity index (χ0v) is 16.8. The van der Waals surface area contributed by atoms with Gasteiger partial charge in [-0.15, -0.1) is 0 Å². The highest BCUT2D eigenvalue weighted by Crippen LogP contribution is 2.23. The van der Waals surface area contributed by atoms with Gasteiger partial charge in [0.05, 0.1) is 11.4 Å². The summed E-state index contributed by atoms with van der Waals surface area (Å²) in [6.07, 6.45) is 3.23. The van der Waals surface area contributed by atoms with Crippen molar-refractivity contribution in [2.75, 3.05) is 32.7 Å². The average molecular weight is 398 g/mol. The molecule has 0 unspecified atom stereocenters. The van der Waals surface area contributed by atoms with Crippen LogP contribution in [0.4, 0.5) is 4.39 Å². The first-order valence-electron chi connectivity index (χ1n) is 9.58. The fraction of sp³-hybridized carbons (Fsp3) is 0.632. The molecule has 0 N–H and O–H groups in total. The molecular weight excluding hydrogens is 369 g/mol. The molecular formula is C19H28FN3O3S. The Kier molecular flexibility index (Phi) is 6.18. The van der Waals surface area contributed by atoms with Gasteiger partial charge in [0.1, 0.15) is 5.82 Å². The van der Waals surface area contributed by atoms with E-state index in [1.54, 1.807) is 0 Å². The zero-order valence-electron chi connectivity index (χ0n) is 16.0. The van der Waals surface area contributed by atoms with Crippen LogP contribution in [0.1, 0.15) is 33.1 Å². The summed E-state index contributed by atoms with van der Waals surface area (Å²) in [6.45, 7) is 6.11. The van der Waals surface area contributed by atoms with Crippen molar-refractivity contribution in [1.29, 1.82) is 0 Å². The van der Waals surface area contributed by atoms with Crippen LogP contribution in [0.2, 0.25) is 0 Å². The van der Waals surface area contributed by atoms with Crippen molar-refractivity contribution in [2.45, 2.75) is 50.1 Å². The van der Waals surface area contributed by atoms with Gasteiger partial charge in [0.2, 0.25) is 15.9 Å². The van der Waals surface area contributed by atoms with Crippen molar-refractivity contribution in [3.05, 3.63) is 30.1 Å². The SMILES string of the molecule is C[C@H]1CCC[C@H](C)N1C(=O)CN1CCN(S(=O)(=O)c2cccc(F)c2)CC1. The summed E-state index contributed by atoms with van der Waals surface area (Å²) in [5.41, 5.74) is 0. The van der Waals surface area contributed by atoms with E-state index in [4.69, 9.17) is 0 Å².